The van der Waals surface area contributed by atoms with E-state index in [-0.39, 0.29) is 11.6 Å². The first kappa shape index (κ1) is 17.8. The monoisotopic (exact) mass is 368 g/mol. The molecule has 0 fully saturated rings. The van der Waals surface area contributed by atoms with Crippen LogP contribution in [0.25, 0.3) is 10.9 Å². The number of aliphatic hydroxyl groups excluding tert-OH is 1. The quantitative estimate of drug-likeness (QED) is 0.555. The molecule has 1 aromatic heterocycles. The van der Waals surface area contributed by atoms with Crippen LogP contribution >= 0.6 is 11.6 Å². The van der Waals surface area contributed by atoms with Crippen molar-refractivity contribution in [1.29, 1.82) is 5.26 Å². The van der Waals surface area contributed by atoms with Gasteiger partial charge in [0.25, 0.3) is 0 Å². The summed E-state index contributed by atoms with van der Waals surface area (Å²) < 4.78 is 0. The number of halogens is 1. The molecule has 0 aliphatic carbocycles. The van der Waals surface area contributed by atoms with Crippen LogP contribution in [0.2, 0.25) is 5.02 Å². The van der Waals surface area contributed by atoms with E-state index in [0.717, 1.165) is 16.5 Å². The van der Waals surface area contributed by atoms with Crippen molar-refractivity contribution in [2.45, 2.75) is 12.5 Å². The van der Waals surface area contributed by atoms with Gasteiger partial charge in [0.05, 0.1) is 23.2 Å². The Kier molecular flexibility index (Phi) is 5.42. The van der Waals surface area contributed by atoms with Crippen molar-refractivity contribution in [2.24, 2.45) is 0 Å². The average Bonchev–Trinajstić information content (AvgIpc) is 3.04. The maximum Gasteiger partial charge on any atom is 0.319 e. The van der Waals surface area contributed by atoms with E-state index in [4.69, 9.17) is 16.9 Å². The second kappa shape index (κ2) is 7.91. The number of carbonyl (C=O) groups is 1. The number of amides is 2. The number of aromatic amines is 1. The van der Waals surface area contributed by atoms with E-state index < -0.39 is 12.1 Å². The molecule has 0 saturated carbocycles. The molecule has 2 aromatic carbocycles. The van der Waals surface area contributed by atoms with Crippen LogP contribution < -0.4 is 10.6 Å². The number of H-pyrrole nitrogens is 1. The Morgan fingerprint density at radius 2 is 2.12 bits per heavy atom. The predicted octanol–water partition coefficient (Wildman–Crippen LogP) is 3.42. The van der Waals surface area contributed by atoms with Crippen LogP contribution in [0.15, 0.2) is 48.7 Å². The van der Waals surface area contributed by atoms with Crippen LogP contribution in [0.1, 0.15) is 11.1 Å². The summed E-state index contributed by atoms with van der Waals surface area (Å²) in [6.07, 6.45) is 2.37. The van der Waals surface area contributed by atoms with Crippen molar-refractivity contribution in [2.75, 3.05) is 11.9 Å². The third kappa shape index (κ3) is 3.97. The molecule has 0 aliphatic heterocycles. The molecular formula is C19H17ClN4O2. The number of nitrogens with one attached hydrogen (secondary N) is 3. The van der Waals surface area contributed by atoms with Crippen molar-refractivity contribution in [3.05, 3.63) is 64.8 Å². The number of para-hydroxylation sites is 1. The van der Waals surface area contributed by atoms with Crippen LogP contribution in [-0.2, 0) is 6.42 Å². The first-order valence-corrected chi connectivity index (χ1v) is 8.41. The first-order chi connectivity index (χ1) is 12.6. The Balaban J connectivity index is 1.65. The molecule has 0 radical (unpaired) electrons. The number of urea groups is 1. The lowest BCUT2D eigenvalue weighted by Gasteiger charge is -2.17. The Morgan fingerprint density at radius 1 is 1.31 bits per heavy atom. The Hall–Kier alpha value is -3.01. The van der Waals surface area contributed by atoms with E-state index in [1.165, 1.54) is 12.1 Å². The van der Waals surface area contributed by atoms with Crippen molar-refractivity contribution in [1.82, 2.24) is 10.3 Å². The fourth-order valence-electron chi connectivity index (χ4n) is 2.76. The number of rotatable bonds is 5. The van der Waals surface area contributed by atoms with Gasteiger partial charge in [-0.2, -0.15) is 5.26 Å². The number of aromatic nitrogens is 1. The topological polar surface area (TPSA) is 101 Å². The van der Waals surface area contributed by atoms with E-state index >= 15 is 0 Å². The number of anilines is 1. The normalized spacial score (nSPS) is 11.7. The lowest BCUT2D eigenvalue weighted by Crippen LogP contribution is -2.41. The highest BCUT2D eigenvalue weighted by Gasteiger charge is 2.15. The number of fused-ring (bicyclic) bond motifs is 1. The van der Waals surface area contributed by atoms with Crippen LogP contribution in [0.4, 0.5) is 10.5 Å². The van der Waals surface area contributed by atoms with E-state index in [9.17, 15) is 9.90 Å². The van der Waals surface area contributed by atoms with E-state index in [1.807, 2.05) is 36.5 Å². The highest BCUT2D eigenvalue weighted by Crippen LogP contribution is 2.21. The molecule has 3 rings (SSSR count). The smallest absolute Gasteiger partial charge is 0.319 e. The molecule has 1 unspecified atom stereocenters. The largest absolute Gasteiger partial charge is 0.394 e. The predicted molar refractivity (Wildman–Crippen MR) is 101 cm³/mol. The maximum absolute atomic E-state index is 12.2. The van der Waals surface area contributed by atoms with Crippen LogP contribution in [0.3, 0.4) is 0 Å². The second-order valence-electron chi connectivity index (χ2n) is 5.85. The first-order valence-electron chi connectivity index (χ1n) is 8.03. The zero-order valence-electron chi connectivity index (χ0n) is 13.8. The summed E-state index contributed by atoms with van der Waals surface area (Å²) in [7, 11) is 0. The minimum Gasteiger partial charge on any atom is -0.394 e. The van der Waals surface area contributed by atoms with Crippen molar-refractivity contribution < 1.29 is 9.90 Å². The average molecular weight is 369 g/mol. The minimum atomic E-state index is -0.454. The van der Waals surface area contributed by atoms with Gasteiger partial charge in [0.1, 0.15) is 6.07 Å². The molecule has 0 bridgehead atoms. The molecule has 2 amide bonds. The molecule has 7 heteroatoms. The molecule has 0 aliphatic rings. The van der Waals surface area contributed by atoms with Crippen LogP contribution in [-0.4, -0.2) is 28.8 Å². The van der Waals surface area contributed by atoms with Gasteiger partial charge in [-0.3, -0.25) is 0 Å². The Morgan fingerprint density at radius 3 is 2.85 bits per heavy atom. The zero-order valence-corrected chi connectivity index (χ0v) is 14.5. The highest BCUT2D eigenvalue weighted by molar-refractivity contribution is 6.32. The van der Waals surface area contributed by atoms with Crippen molar-refractivity contribution in [3.8, 4) is 6.07 Å². The molecule has 3 aromatic rings. The number of nitrogens with zero attached hydrogens (tertiary/aromatic N) is 1. The second-order valence-corrected chi connectivity index (χ2v) is 6.26. The van der Waals surface area contributed by atoms with Crippen molar-refractivity contribution in [3.63, 3.8) is 0 Å². The molecule has 132 valence electrons. The molecule has 0 saturated heterocycles. The summed E-state index contributed by atoms with van der Waals surface area (Å²) in [6.45, 7) is -0.193. The molecule has 0 spiro atoms. The van der Waals surface area contributed by atoms with Gasteiger partial charge >= 0.3 is 6.03 Å². The molecule has 26 heavy (non-hydrogen) atoms. The standard InChI is InChI=1S/C19H17ClN4O2/c20-17-8-14(6-5-12(17)9-21)23-19(26)24-15(11-25)7-13-10-22-18-4-2-1-3-16(13)18/h1-6,8,10,15,22,25H,7,11H2,(H2,23,24,26). The lowest BCUT2D eigenvalue weighted by molar-refractivity contribution is 0.224. The van der Waals surface area contributed by atoms with E-state index in [2.05, 4.69) is 15.6 Å². The van der Waals surface area contributed by atoms with Gasteiger partial charge in [0.15, 0.2) is 0 Å². The molecule has 1 atom stereocenters. The summed E-state index contributed by atoms with van der Waals surface area (Å²) >= 11 is 5.96. The number of nitriles is 1. The van der Waals surface area contributed by atoms with Gasteiger partial charge in [-0.15, -0.1) is 0 Å². The van der Waals surface area contributed by atoms with Crippen LogP contribution in [0.5, 0.6) is 0 Å². The summed E-state index contributed by atoms with van der Waals surface area (Å²) in [5.74, 6) is 0. The lowest BCUT2D eigenvalue weighted by atomic mass is 10.1. The summed E-state index contributed by atoms with van der Waals surface area (Å²) in [4.78, 5) is 15.4. The molecule has 4 N–H and O–H groups in total. The fraction of sp³-hybridized carbons (Fsp3) is 0.158. The Bertz CT molecular complexity index is 977. The van der Waals surface area contributed by atoms with Gasteiger partial charge in [0, 0.05) is 22.8 Å². The van der Waals surface area contributed by atoms with Gasteiger partial charge in [-0.05, 0) is 36.2 Å². The Labute approximate surface area is 155 Å². The number of hydrogen-bond donors (Lipinski definition) is 4. The number of hydrogen-bond acceptors (Lipinski definition) is 3. The maximum atomic E-state index is 12.2. The molecule has 6 nitrogen and oxygen atoms in total. The third-order valence-electron chi connectivity index (χ3n) is 4.04. The molecule has 1 heterocycles. The SMILES string of the molecule is N#Cc1ccc(NC(=O)NC(CO)Cc2c[nH]c3ccccc23)cc1Cl. The summed E-state index contributed by atoms with van der Waals surface area (Å²) in [5.41, 5.74) is 2.83. The van der Waals surface area contributed by atoms with Gasteiger partial charge < -0.3 is 20.7 Å². The number of benzene rings is 2. The summed E-state index contributed by atoms with van der Waals surface area (Å²) in [5, 5.41) is 25.2. The minimum absolute atomic E-state index is 0.193. The van der Waals surface area contributed by atoms with Gasteiger partial charge in [0.2, 0.25) is 0 Å². The number of carbonyl (C=O) groups excluding carboxylic acids is 1. The van der Waals surface area contributed by atoms with Crippen molar-refractivity contribution >= 4 is 34.2 Å². The van der Waals surface area contributed by atoms with E-state index in [1.54, 1.807) is 6.07 Å². The highest BCUT2D eigenvalue weighted by atomic mass is 35.5. The number of aliphatic hydroxyl groups is 1. The third-order valence-corrected chi connectivity index (χ3v) is 4.36. The van der Waals surface area contributed by atoms with Crippen LogP contribution in [0, 0.1) is 11.3 Å². The fourth-order valence-corrected chi connectivity index (χ4v) is 2.99. The van der Waals surface area contributed by atoms with E-state index in [0.29, 0.717) is 17.7 Å². The zero-order chi connectivity index (χ0) is 18.5. The van der Waals surface area contributed by atoms with Gasteiger partial charge in [-0.1, -0.05) is 29.8 Å². The van der Waals surface area contributed by atoms with Gasteiger partial charge in [-0.25, -0.2) is 4.79 Å². The summed E-state index contributed by atoms with van der Waals surface area (Å²) in [6, 6.07) is 13.6. The molecular weight excluding hydrogens is 352 g/mol.